The molecule has 2 saturated heterocycles. The highest BCUT2D eigenvalue weighted by Crippen LogP contribution is 2.35. The Labute approximate surface area is 200 Å². The Kier molecular flexibility index (Phi) is 5.21. The molecule has 3 amide bonds. The first kappa shape index (κ1) is 21.7. The number of fused-ring (bicyclic) bond motifs is 2. The minimum atomic E-state index is -0.722. The van der Waals surface area contributed by atoms with Gasteiger partial charge in [-0.3, -0.25) is 29.0 Å². The average molecular weight is 478 g/mol. The number of nitrogens with one attached hydrogen (secondary N) is 1. The zero-order valence-electron chi connectivity index (χ0n) is 19.0. The van der Waals surface area contributed by atoms with Crippen molar-refractivity contribution >= 4 is 29.2 Å². The number of hydrogen-bond acceptors (Lipinski definition) is 7. The topological polar surface area (TPSA) is 103 Å². The predicted molar refractivity (Wildman–Crippen MR) is 123 cm³/mol. The van der Waals surface area contributed by atoms with Gasteiger partial charge >= 0.3 is 0 Å². The first-order valence-electron chi connectivity index (χ1n) is 11.7. The van der Waals surface area contributed by atoms with Crippen LogP contribution in [0.25, 0.3) is 5.78 Å². The van der Waals surface area contributed by atoms with Gasteiger partial charge in [0.2, 0.25) is 17.6 Å². The van der Waals surface area contributed by atoms with Crippen molar-refractivity contribution in [3.05, 3.63) is 59.4 Å². The number of piperidine rings is 1. The van der Waals surface area contributed by atoms with Crippen LogP contribution in [0.4, 0.5) is 10.1 Å². The van der Waals surface area contributed by atoms with Crippen LogP contribution in [0.2, 0.25) is 0 Å². The minimum Gasteiger partial charge on any atom is -0.369 e. The van der Waals surface area contributed by atoms with Crippen molar-refractivity contribution in [2.45, 2.75) is 32.0 Å². The number of piperazine rings is 1. The maximum Gasteiger partial charge on any atom is 0.255 e. The molecule has 3 aliphatic heterocycles. The predicted octanol–water partition coefficient (Wildman–Crippen LogP) is 0.952. The zero-order chi connectivity index (χ0) is 24.1. The number of carbonyl (C=O) groups is 3. The van der Waals surface area contributed by atoms with Crippen LogP contribution in [0.5, 0.6) is 0 Å². The molecular formula is C24H24FN7O3. The van der Waals surface area contributed by atoms with Gasteiger partial charge in [-0.2, -0.15) is 0 Å². The molecule has 10 nitrogen and oxygen atoms in total. The number of amides is 3. The summed E-state index contributed by atoms with van der Waals surface area (Å²) in [6.07, 6.45) is 5.96. The van der Waals surface area contributed by atoms with Crippen molar-refractivity contribution in [1.29, 1.82) is 0 Å². The fraction of sp³-hybridized carbons (Fsp3) is 0.375. The number of anilines is 1. The summed E-state index contributed by atoms with van der Waals surface area (Å²) in [4.78, 5) is 51.5. The molecule has 2 fully saturated rings. The molecule has 1 N–H and O–H groups in total. The van der Waals surface area contributed by atoms with Gasteiger partial charge in [0.05, 0.1) is 11.9 Å². The van der Waals surface area contributed by atoms with E-state index in [1.165, 1.54) is 17.0 Å². The third-order valence-electron chi connectivity index (χ3n) is 7.06. The van der Waals surface area contributed by atoms with Gasteiger partial charge in [-0.05, 0) is 24.6 Å². The van der Waals surface area contributed by atoms with E-state index in [4.69, 9.17) is 0 Å². The van der Waals surface area contributed by atoms with Crippen molar-refractivity contribution in [2.24, 2.45) is 0 Å². The van der Waals surface area contributed by atoms with E-state index < -0.39 is 17.8 Å². The Balaban J connectivity index is 1.18. The summed E-state index contributed by atoms with van der Waals surface area (Å²) in [6.45, 7) is 3.84. The molecule has 0 bridgehead atoms. The molecule has 35 heavy (non-hydrogen) atoms. The molecular weight excluding hydrogens is 453 g/mol. The van der Waals surface area contributed by atoms with Crippen LogP contribution < -0.4 is 10.2 Å². The highest BCUT2D eigenvalue weighted by Gasteiger charge is 2.41. The number of imide groups is 1. The number of carbonyl (C=O) groups excluding carboxylic acids is 3. The van der Waals surface area contributed by atoms with Crippen LogP contribution in [0, 0.1) is 5.82 Å². The molecule has 1 atom stereocenters. The average Bonchev–Trinajstić information content (AvgIpc) is 3.40. The van der Waals surface area contributed by atoms with E-state index in [1.807, 2.05) is 22.9 Å². The summed E-state index contributed by atoms with van der Waals surface area (Å²) in [5.74, 6) is -0.976. The molecule has 3 aliphatic rings. The zero-order valence-corrected chi connectivity index (χ0v) is 19.0. The van der Waals surface area contributed by atoms with Crippen molar-refractivity contribution in [3.8, 4) is 0 Å². The van der Waals surface area contributed by atoms with Crippen LogP contribution in [0.1, 0.15) is 34.5 Å². The van der Waals surface area contributed by atoms with Crippen molar-refractivity contribution < 1.29 is 18.8 Å². The summed E-state index contributed by atoms with van der Waals surface area (Å²) >= 11 is 0. The van der Waals surface area contributed by atoms with Gasteiger partial charge in [0.1, 0.15) is 11.9 Å². The quantitative estimate of drug-likeness (QED) is 0.558. The second-order valence-electron chi connectivity index (χ2n) is 9.15. The number of aromatic nitrogens is 3. The van der Waals surface area contributed by atoms with Crippen molar-refractivity contribution in [3.63, 3.8) is 0 Å². The van der Waals surface area contributed by atoms with Crippen LogP contribution in [-0.2, 0) is 22.7 Å². The monoisotopic (exact) mass is 477 g/mol. The molecule has 180 valence electrons. The lowest BCUT2D eigenvalue weighted by atomic mass is 10.0. The highest BCUT2D eigenvalue weighted by molar-refractivity contribution is 6.06. The van der Waals surface area contributed by atoms with E-state index in [9.17, 15) is 18.8 Å². The summed E-state index contributed by atoms with van der Waals surface area (Å²) in [5, 5.41) is 2.30. The lowest BCUT2D eigenvalue weighted by Gasteiger charge is -2.37. The molecule has 1 aromatic carbocycles. The third kappa shape index (κ3) is 3.81. The first-order chi connectivity index (χ1) is 17.0. The van der Waals surface area contributed by atoms with E-state index in [2.05, 4.69) is 25.1 Å². The van der Waals surface area contributed by atoms with Crippen LogP contribution in [-0.4, -0.2) is 74.1 Å². The third-order valence-corrected chi connectivity index (χ3v) is 7.06. The summed E-state index contributed by atoms with van der Waals surface area (Å²) < 4.78 is 16.6. The molecule has 6 rings (SSSR count). The van der Waals surface area contributed by atoms with Crippen LogP contribution >= 0.6 is 0 Å². The van der Waals surface area contributed by atoms with Crippen LogP contribution in [0.3, 0.4) is 0 Å². The number of hydrogen-bond donors (Lipinski definition) is 1. The normalized spacial score (nSPS) is 21.1. The Hall–Kier alpha value is -3.86. The molecule has 0 saturated carbocycles. The van der Waals surface area contributed by atoms with E-state index in [0.29, 0.717) is 30.1 Å². The second-order valence-corrected chi connectivity index (χ2v) is 9.15. The number of halogens is 1. The molecule has 1 unspecified atom stereocenters. The van der Waals surface area contributed by atoms with Gasteiger partial charge in [-0.15, -0.1) is 0 Å². The Bertz CT molecular complexity index is 1350. The van der Waals surface area contributed by atoms with Gasteiger partial charge in [0.25, 0.3) is 5.91 Å². The molecule has 11 heteroatoms. The molecule has 0 aliphatic carbocycles. The number of rotatable bonds is 4. The number of imidazole rings is 1. The van der Waals surface area contributed by atoms with Gasteiger partial charge in [-0.25, -0.2) is 14.4 Å². The fourth-order valence-electron chi connectivity index (χ4n) is 5.26. The van der Waals surface area contributed by atoms with Crippen LogP contribution in [0.15, 0.2) is 36.8 Å². The lowest BCUT2D eigenvalue weighted by Crippen LogP contribution is -2.52. The summed E-state index contributed by atoms with van der Waals surface area (Å²) in [6, 6.07) is 3.88. The standard InChI is InChI=1S/C24H24FN7O3/c25-15-10-17-18(14-32(23(17)35)19-2-3-21(33)28-22(19)34)20(11-15)30-8-6-29(7-9-30)13-16-12-27-24-26-4-1-5-31(16)24/h1,4-5,10-12,19H,2-3,6-9,13-14H2,(H,28,33,34). The second kappa shape index (κ2) is 8.42. The van der Waals surface area contributed by atoms with E-state index in [1.54, 1.807) is 6.20 Å². The molecule has 5 heterocycles. The Morgan fingerprint density at radius 2 is 1.91 bits per heavy atom. The van der Waals surface area contributed by atoms with Gasteiger partial charge in [0, 0.05) is 74.9 Å². The fourth-order valence-corrected chi connectivity index (χ4v) is 5.26. The SMILES string of the molecule is O=C1CCC(N2Cc3c(cc(F)cc3N3CCN(Cc4cnc5ncccn45)CC3)C2=O)C(=O)N1. The Morgan fingerprint density at radius 3 is 2.71 bits per heavy atom. The molecule has 0 spiro atoms. The van der Waals surface area contributed by atoms with E-state index in [-0.39, 0.29) is 31.2 Å². The lowest BCUT2D eigenvalue weighted by molar-refractivity contribution is -0.136. The smallest absolute Gasteiger partial charge is 0.255 e. The molecule has 0 radical (unpaired) electrons. The van der Waals surface area contributed by atoms with Gasteiger partial charge in [0.15, 0.2) is 0 Å². The first-order valence-corrected chi connectivity index (χ1v) is 11.7. The Morgan fingerprint density at radius 1 is 1.09 bits per heavy atom. The van der Waals surface area contributed by atoms with Gasteiger partial charge < -0.3 is 9.80 Å². The number of nitrogens with zero attached hydrogens (tertiary/aromatic N) is 6. The van der Waals surface area contributed by atoms with Crippen molar-refractivity contribution in [1.82, 2.24) is 29.5 Å². The van der Waals surface area contributed by atoms with E-state index in [0.717, 1.165) is 30.9 Å². The highest BCUT2D eigenvalue weighted by atomic mass is 19.1. The van der Waals surface area contributed by atoms with Crippen molar-refractivity contribution in [2.75, 3.05) is 31.1 Å². The van der Waals surface area contributed by atoms with E-state index >= 15 is 0 Å². The maximum absolute atomic E-state index is 14.6. The summed E-state index contributed by atoms with van der Waals surface area (Å²) in [7, 11) is 0. The maximum atomic E-state index is 14.6. The largest absolute Gasteiger partial charge is 0.369 e. The number of benzene rings is 1. The molecule has 3 aromatic rings. The summed E-state index contributed by atoms with van der Waals surface area (Å²) in [5.41, 5.74) is 2.79. The van der Waals surface area contributed by atoms with Gasteiger partial charge in [-0.1, -0.05) is 0 Å². The minimum absolute atomic E-state index is 0.183. The molecule has 2 aromatic heterocycles.